The first-order chi connectivity index (χ1) is 9.58. The van der Waals surface area contributed by atoms with Gasteiger partial charge in [-0.25, -0.2) is 0 Å². The van der Waals surface area contributed by atoms with E-state index in [1.54, 1.807) is 13.0 Å². The van der Waals surface area contributed by atoms with Crippen LogP contribution in [0.4, 0.5) is 0 Å². The van der Waals surface area contributed by atoms with Crippen LogP contribution in [0, 0.1) is 6.92 Å². The number of carbonyl (C=O) groups is 1. The summed E-state index contributed by atoms with van der Waals surface area (Å²) in [6.07, 6.45) is 0.835. The second-order valence-electron chi connectivity index (χ2n) is 5.15. The lowest BCUT2D eigenvalue weighted by molar-refractivity contribution is 0.0697. The van der Waals surface area contributed by atoms with Gasteiger partial charge in [-0.15, -0.1) is 0 Å². The smallest absolute Gasteiger partial charge is 0.276 e. The number of benzene rings is 1. The molecule has 0 unspecified atom stereocenters. The van der Waals surface area contributed by atoms with Crippen molar-refractivity contribution in [2.24, 2.45) is 0 Å². The minimum absolute atomic E-state index is 0.0761. The monoisotopic (exact) mass is 272 g/mol. The molecule has 2 aromatic rings. The predicted octanol–water partition coefficient (Wildman–Crippen LogP) is 3.08. The molecular formula is C16H20N2O2. The Morgan fingerprint density at radius 2 is 2.00 bits per heavy atom. The van der Waals surface area contributed by atoms with Crippen molar-refractivity contribution in [3.05, 3.63) is 53.4 Å². The maximum atomic E-state index is 12.4. The van der Waals surface area contributed by atoms with Gasteiger partial charge < -0.3 is 9.42 Å². The highest BCUT2D eigenvalue weighted by molar-refractivity contribution is 5.92. The highest BCUT2D eigenvalue weighted by Crippen LogP contribution is 2.11. The van der Waals surface area contributed by atoms with Gasteiger partial charge in [0.15, 0.2) is 5.69 Å². The first-order valence-corrected chi connectivity index (χ1v) is 6.86. The average molecular weight is 272 g/mol. The van der Waals surface area contributed by atoms with E-state index < -0.39 is 0 Å². The molecule has 4 nitrogen and oxygen atoms in total. The molecule has 1 aromatic heterocycles. The molecule has 0 N–H and O–H groups in total. The van der Waals surface area contributed by atoms with Crippen molar-refractivity contribution in [1.82, 2.24) is 10.1 Å². The number of amides is 1. The number of hydrogen-bond donors (Lipinski definition) is 0. The molecule has 0 spiro atoms. The Labute approximate surface area is 119 Å². The lowest BCUT2D eigenvalue weighted by Gasteiger charge is -2.25. The molecule has 0 saturated heterocycles. The molecule has 0 aliphatic heterocycles. The quantitative estimate of drug-likeness (QED) is 0.840. The van der Waals surface area contributed by atoms with Gasteiger partial charge in [0.05, 0.1) is 0 Å². The van der Waals surface area contributed by atoms with E-state index in [1.165, 1.54) is 5.56 Å². The van der Waals surface area contributed by atoms with Crippen molar-refractivity contribution in [1.29, 1.82) is 0 Å². The van der Waals surface area contributed by atoms with Gasteiger partial charge in [-0.2, -0.15) is 0 Å². The molecule has 1 aromatic carbocycles. The first-order valence-electron chi connectivity index (χ1n) is 6.86. The van der Waals surface area contributed by atoms with Crippen LogP contribution >= 0.6 is 0 Å². The maximum Gasteiger partial charge on any atom is 0.276 e. The van der Waals surface area contributed by atoms with Gasteiger partial charge in [0.2, 0.25) is 0 Å². The second kappa shape index (κ2) is 6.37. The molecular weight excluding hydrogens is 252 g/mol. The van der Waals surface area contributed by atoms with Crippen LogP contribution in [0.2, 0.25) is 0 Å². The predicted molar refractivity (Wildman–Crippen MR) is 77.6 cm³/mol. The normalized spacial score (nSPS) is 10.8. The van der Waals surface area contributed by atoms with Crippen LogP contribution in [0.1, 0.15) is 35.7 Å². The number of rotatable bonds is 5. The fraction of sp³-hybridized carbons (Fsp3) is 0.375. The van der Waals surface area contributed by atoms with Crippen molar-refractivity contribution in [3.63, 3.8) is 0 Å². The van der Waals surface area contributed by atoms with Crippen molar-refractivity contribution < 1.29 is 9.32 Å². The molecule has 1 amide bonds. The zero-order chi connectivity index (χ0) is 14.5. The molecule has 0 saturated carbocycles. The molecule has 0 fully saturated rings. The summed E-state index contributed by atoms with van der Waals surface area (Å²) >= 11 is 0. The van der Waals surface area contributed by atoms with Crippen LogP contribution in [-0.2, 0) is 6.42 Å². The van der Waals surface area contributed by atoms with Crippen LogP contribution in [0.25, 0.3) is 0 Å². The van der Waals surface area contributed by atoms with E-state index in [0.29, 0.717) is 18.0 Å². The fourth-order valence-corrected chi connectivity index (χ4v) is 2.10. The molecule has 0 aliphatic rings. The number of aryl methyl sites for hydroxylation is 1. The summed E-state index contributed by atoms with van der Waals surface area (Å²) in [5.41, 5.74) is 1.60. The van der Waals surface area contributed by atoms with Gasteiger partial charge in [-0.3, -0.25) is 4.79 Å². The van der Waals surface area contributed by atoms with Gasteiger partial charge in [0.25, 0.3) is 5.91 Å². The molecule has 20 heavy (non-hydrogen) atoms. The zero-order valence-corrected chi connectivity index (χ0v) is 12.2. The Morgan fingerprint density at radius 1 is 1.30 bits per heavy atom. The Balaban J connectivity index is 2.05. The molecule has 0 radical (unpaired) electrons. The molecule has 0 aliphatic carbocycles. The summed E-state index contributed by atoms with van der Waals surface area (Å²) in [5.74, 6) is 0.577. The van der Waals surface area contributed by atoms with E-state index in [-0.39, 0.29) is 11.9 Å². The summed E-state index contributed by atoms with van der Waals surface area (Å²) in [4.78, 5) is 14.2. The summed E-state index contributed by atoms with van der Waals surface area (Å²) in [6, 6.07) is 12.0. The van der Waals surface area contributed by atoms with Crippen LogP contribution < -0.4 is 0 Å². The third kappa shape index (κ3) is 3.47. The largest absolute Gasteiger partial charge is 0.361 e. The van der Waals surface area contributed by atoms with Gasteiger partial charge in [0, 0.05) is 18.7 Å². The van der Waals surface area contributed by atoms with Crippen molar-refractivity contribution in [2.75, 3.05) is 6.54 Å². The lowest BCUT2D eigenvalue weighted by atomic mass is 10.1. The highest BCUT2D eigenvalue weighted by Gasteiger charge is 2.21. The summed E-state index contributed by atoms with van der Waals surface area (Å²) in [5, 5.41) is 3.81. The average Bonchev–Trinajstić information content (AvgIpc) is 2.86. The molecule has 2 rings (SSSR count). The van der Waals surface area contributed by atoms with Crippen molar-refractivity contribution >= 4 is 5.91 Å². The maximum absolute atomic E-state index is 12.4. The van der Waals surface area contributed by atoms with Gasteiger partial charge in [0.1, 0.15) is 5.76 Å². The van der Waals surface area contributed by atoms with E-state index in [0.717, 1.165) is 6.42 Å². The van der Waals surface area contributed by atoms with Gasteiger partial charge >= 0.3 is 0 Å². The number of aromatic nitrogens is 1. The summed E-state index contributed by atoms with van der Waals surface area (Å²) in [6.45, 7) is 6.48. The summed E-state index contributed by atoms with van der Waals surface area (Å²) in [7, 11) is 0. The minimum atomic E-state index is -0.0761. The van der Waals surface area contributed by atoms with Crippen LogP contribution in [0.5, 0.6) is 0 Å². The zero-order valence-electron chi connectivity index (χ0n) is 12.2. The third-order valence-electron chi connectivity index (χ3n) is 3.22. The number of carbonyl (C=O) groups excluding carboxylic acids is 1. The van der Waals surface area contributed by atoms with E-state index in [9.17, 15) is 4.79 Å². The van der Waals surface area contributed by atoms with Crippen molar-refractivity contribution in [2.45, 2.75) is 33.2 Å². The van der Waals surface area contributed by atoms with Crippen molar-refractivity contribution in [3.8, 4) is 0 Å². The lowest BCUT2D eigenvalue weighted by Crippen LogP contribution is -2.38. The summed E-state index contributed by atoms with van der Waals surface area (Å²) < 4.78 is 4.98. The van der Waals surface area contributed by atoms with Crippen LogP contribution in [-0.4, -0.2) is 28.6 Å². The minimum Gasteiger partial charge on any atom is -0.361 e. The Bertz CT molecular complexity index is 561. The highest BCUT2D eigenvalue weighted by atomic mass is 16.5. The Hall–Kier alpha value is -2.10. The Kier molecular flexibility index (Phi) is 4.56. The first kappa shape index (κ1) is 14.3. The number of nitrogens with zero attached hydrogens (tertiary/aromatic N) is 2. The SMILES string of the molecule is Cc1cc(C(=O)N(CCc2ccccc2)C(C)C)no1. The Morgan fingerprint density at radius 3 is 2.55 bits per heavy atom. The molecule has 0 bridgehead atoms. The fourth-order valence-electron chi connectivity index (χ4n) is 2.10. The van der Waals surface area contributed by atoms with Gasteiger partial charge in [-0.05, 0) is 32.8 Å². The van der Waals surface area contributed by atoms with Gasteiger partial charge in [-0.1, -0.05) is 35.5 Å². The molecule has 4 heteroatoms. The van der Waals surface area contributed by atoms with E-state index in [4.69, 9.17) is 4.52 Å². The van der Waals surface area contributed by atoms with E-state index in [1.807, 2.05) is 36.9 Å². The number of hydrogen-bond acceptors (Lipinski definition) is 3. The third-order valence-corrected chi connectivity index (χ3v) is 3.22. The standard InChI is InChI=1S/C16H20N2O2/c1-12(2)18(10-9-14-7-5-4-6-8-14)16(19)15-11-13(3)20-17-15/h4-8,11-12H,9-10H2,1-3H3. The van der Waals surface area contributed by atoms with Crippen LogP contribution in [0.3, 0.4) is 0 Å². The second-order valence-corrected chi connectivity index (χ2v) is 5.15. The van der Waals surface area contributed by atoms with E-state index >= 15 is 0 Å². The van der Waals surface area contributed by atoms with Crippen LogP contribution in [0.15, 0.2) is 40.9 Å². The molecule has 1 heterocycles. The topological polar surface area (TPSA) is 46.3 Å². The molecule has 0 atom stereocenters. The van der Waals surface area contributed by atoms with E-state index in [2.05, 4.69) is 17.3 Å². The molecule has 106 valence electrons.